The quantitative estimate of drug-likeness (QED) is 0.942. The maximum absolute atomic E-state index is 13.6. The third-order valence-electron chi connectivity index (χ3n) is 2.78. The Labute approximate surface area is 121 Å². The highest BCUT2D eigenvalue weighted by Gasteiger charge is 2.20. The largest absolute Gasteiger partial charge is 0.266 e. The molecule has 0 bridgehead atoms. The number of rotatable bonds is 4. The van der Waals surface area contributed by atoms with Gasteiger partial charge in [0.1, 0.15) is 22.3 Å². The van der Waals surface area contributed by atoms with E-state index in [4.69, 9.17) is 0 Å². The lowest BCUT2D eigenvalue weighted by Gasteiger charge is -2.10. The van der Waals surface area contributed by atoms with Crippen molar-refractivity contribution >= 4 is 15.8 Å². The van der Waals surface area contributed by atoms with Crippen molar-refractivity contribution in [1.29, 1.82) is 0 Å². The van der Waals surface area contributed by atoms with Gasteiger partial charge in [0.15, 0.2) is 0 Å². The van der Waals surface area contributed by atoms with Crippen LogP contribution in [0.25, 0.3) is 0 Å². The average Bonchev–Trinajstić information content (AvgIpc) is 2.41. The summed E-state index contributed by atoms with van der Waals surface area (Å²) in [5.74, 6) is -1.69. The number of aromatic nitrogens is 1. The Kier molecular flexibility index (Phi) is 4.22. The average molecular weight is 312 g/mol. The second-order valence-corrected chi connectivity index (χ2v) is 6.43. The first-order chi connectivity index (χ1) is 9.79. The van der Waals surface area contributed by atoms with Gasteiger partial charge in [-0.3, -0.25) is 4.72 Å². The van der Waals surface area contributed by atoms with E-state index in [2.05, 4.69) is 9.71 Å². The minimum Gasteiger partial charge on any atom is -0.263 e. The van der Waals surface area contributed by atoms with E-state index in [1.165, 1.54) is 6.07 Å². The Morgan fingerprint density at radius 2 is 1.86 bits per heavy atom. The van der Waals surface area contributed by atoms with Gasteiger partial charge in [0.25, 0.3) is 10.0 Å². The topological polar surface area (TPSA) is 59.1 Å². The molecule has 0 radical (unpaired) electrons. The first-order valence-corrected chi connectivity index (χ1v) is 7.73. The number of pyridine rings is 1. The second kappa shape index (κ2) is 5.77. The Morgan fingerprint density at radius 3 is 2.52 bits per heavy atom. The van der Waals surface area contributed by atoms with E-state index in [0.29, 0.717) is 11.8 Å². The third-order valence-corrected chi connectivity index (χ3v) is 4.15. The van der Waals surface area contributed by atoms with E-state index < -0.39 is 26.6 Å². The molecule has 1 N–H and O–H groups in total. The summed E-state index contributed by atoms with van der Waals surface area (Å²) in [6.07, 6.45) is 0. The summed E-state index contributed by atoms with van der Waals surface area (Å²) in [5.41, 5.74) is 0.690. The van der Waals surface area contributed by atoms with Crippen molar-refractivity contribution < 1.29 is 17.2 Å². The highest BCUT2D eigenvalue weighted by Crippen LogP contribution is 2.20. The van der Waals surface area contributed by atoms with Gasteiger partial charge in [-0.25, -0.2) is 22.2 Å². The number of benzene rings is 1. The molecule has 0 aliphatic heterocycles. The predicted molar refractivity (Wildman–Crippen MR) is 75.5 cm³/mol. The molecule has 7 heteroatoms. The number of sulfonamides is 1. The van der Waals surface area contributed by atoms with Crippen molar-refractivity contribution in [3.8, 4) is 0 Å². The molecular formula is C14H14F2N2O2S. The first-order valence-electron chi connectivity index (χ1n) is 6.24. The predicted octanol–water partition coefficient (Wildman–Crippen LogP) is 3.28. The minimum absolute atomic E-state index is 0.0601. The van der Waals surface area contributed by atoms with Gasteiger partial charge in [0, 0.05) is 5.69 Å². The fourth-order valence-corrected chi connectivity index (χ4v) is 2.80. The van der Waals surface area contributed by atoms with E-state index in [-0.39, 0.29) is 11.7 Å². The molecule has 0 aliphatic rings. The summed E-state index contributed by atoms with van der Waals surface area (Å²) in [6.45, 7) is 3.82. The van der Waals surface area contributed by atoms with Gasteiger partial charge >= 0.3 is 0 Å². The van der Waals surface area contributed by atoms with Crippen LogP contribution in [0.1, 0.15) is 25.5 Å². The number of nitrogens with zero attached hydrogens (tertiary/aromatic N) is 1. The highest BCUT2D eigenvalue weighted by molar-refractivity contribution is 7.92. The molecule has 0 fully saturated rings. The van der Waals surface area contributed by atoms with E-state index in [1.54, 1.807) is 12.1 Å². The lowest BCUT2D eigenvalue weighted by molar-refractivity contribution is 0.555. The highest BCUT2D eigenvalue weighted by atomic mass is 32.2. The smallest absolute Gasteiger partial charge is 0.263 e. The molecule has 2 rings (SSSR count). The summed E-state index contributed by atoms with van der Waals surface area (Å²) in [7, 11) is -4.24. The van der Waals surface area contributed by atoms with Gasteiger partial charge in [-0.2, -0.15) is 0 Å². The number of hydrogen-bond acceptors (Lipinski definition) is 3. The molecule has 21 heavy (non-hydrogen) atoms. The SMILES string of the molecule is CC(C)c1cccc(NS(=O)(=O)c2cc(F)ccc2F)n1. The summed E-state index contributed by atoms with van der Waals surface area (Å²) in [6, 6.07) is 7.09. The molecule has 1 heterocycles. The van der Waals surface area contributed by atoms with Gasteiger partial charge < -0.3 is 0 Å². The van der Waals surface area contributed by atoms with Crippen LogP contribution in [0.2, 0.25) is 0 Å². The van der Waals surface area contributed by atoms with Crippen LogP contribution in [0.3, 0.4) is 0 Å². The van der Waals surface area contributed by atoms with Crippen LogP contribution >= 0.6 is 0 Å². The minimum atomic E-state index is -4.24. The molecule has 2 aromatic rings. The number of anilines is 1. The van der Waals surface area contributed by atoms with Crippen molar-refractivity contribution in [1.82, 2.24) is 4.98 Å². The number of hydrogen-bond donors (Lipinski definition) is 1. The fraction of sp³-hybridized carbons (Fsp3) is 0.214. The normalized spacial score (nSPS) is 11.7. The molecule has 1 aromatic carbocycles. The van der Waals surface area contributed by atoms with Gasteiger partial charge in [0.05, 0.1) is 0 Å². The van der Waals surface area contributed by atoms with Crippen molar-refractivity contribution in [3.63, 3.8) is 0 Å². The summed E-state index contributed by atoms with van der Waals surface area (Å²) in [5, 5.41) is 0. The zero-order valence-electron chi connectivity index (χ0n) is 11.5. The summed E-state index contributed by atoms with van der Waals surface area (Å²) in [4.78, 5) is 3.38. The van der Waals surface area contributed by atoms with Gasteiger partial charge in [-0.1, -0.05) is 19.9 Å². The van der Waals surface area contributed by atoms with E-state index in [1.807, 2.05) is 13.8 Å². The molecular weight excluding hydrogens is 298 g/mol. The molecule has 1 aromatic heterocycles. The van der Waals surface area contributed by atoms with Crippen LogP contribution in [0.15, 0.2) is 41.3 Å². The zero-order valence-corrected chi connectivity index (χ0v) is 12.3. The Balaban J connectivity index is 2.37. The van der Waals surface area contributed by atoms with Crippen LogP contribution in [0.4, 0.5) is 14.6 Å². The molecule has 0 unspecified atom stereocenters. The van der Waals surface area contributed by atoms with Crippen molar-refractivity contribution in [2.24, 2.45) is 0 Å². The zero-order chi connectivity index (χ0) is 15.6. The molecule has 0 saturated heterocycles. The monoisotopic (exact) mass is 312 g/mol. The van der Waals surface area contributed by atoms with Crippen LogP contribution in [-0.4, -0.2) is 13.4 Å². The maximum Gasteiger partial charge on any atom is 0.266 e. The Hall–Kier alpha value is -2.02. The van der Waals surface area contributed by atoms with Crippen LogP contribution in [-0.2, 0) is 10.0 Å². The third kappa shape index (κ3) is 3.55. The molecule has 0 saturated carbocycles. The van der Waals surface area contributed by atoms with Crippen molar-refractivity contribution in [2.45, 2.75) is 24.7 Å². The van der Waals surface area contributed by atoms with E-state index in [0.717, 1.165) is 12.1 Å². The lowest BCUT2D eigenvalue weighted by atomic mass is 10.1. The van der Waals surface area contributed by atoms with Crippen molar-refractivity contribution in [2.75, 3.05) is 4.72 Å². The second-order valence-electron chi connectivity index (χ2n) is 4.78. The molecule has 0 amide bonds. The molecule has 112 valence electrons. The van der Waals surface area contributed by atoms with Crippen LogP contribution in [0.5, 0.6) is 0 Å². The maximum atomic E-state index is 13.6. The molecule has 0 spiro atoms. The first kappa shape index (κ1) is 15.4. The van der Waals surface area contributed by atoms with E-state index in [9.17, 15) is 17.2 Å². The van der Waals surface area contributed by atoms with Gasteiger partial charge in [0.2, 0.25) is 0 Å². The van der Waals surface area contributed by atoms with Crippen LogP contribution in [0, 0.1) is 11.6 Å². The number of halogens is 2. The lowest BCUT2D eigenvalue weighted by Crippen LogP contribution is -2.16. The van der Waals surface area contributed by atoms with Crippen molar-refractivity contribution in [3.05, 3.63) is 53.7 Å². The Bertz CT molecular complexity index is 761. The summed E-state index contributed by atoms with van der Waals surface area (Å²) < 4.78 is 53.0. The Morgan fingerprint density at radius 1 is 1.14 bits per heavy atom. The van der Waals surface area contributed by atoms with Crippen LogP contribution < -0.4 is 4.72 Å². The number of nitrogens with one attached hydrogen (secondary N) is 1. The molecule has 0 aliphatic carbocycles. The van der Waals surface area contributed by atoms with E-state index >= 15 is 0 Å². The summed E-state index contributed by atoms with van der Waals surface area (Å²) >= 11 is 0. The standard InChI is InChI=1S/C14H14F2N2O2S/c1-9(2)12-4-3-5-14(17-12)18-21(19,20)13-8-10(15)6-7-11(13)16/h3-9H,1-2H3,(H,17,18). The molecule has 4 nitrogen and oxygen atoms in total. The molecule has 0 atom stereocenters. The fourth-order valence-electron chi connectivity index (χ4n) is 1.71. The van der Waals surface area contributed by atoms with Gasteiger partial charge in [-0.15, -0.1) is 0 Å². The van der Waals surface area contributed by atoms with Gasteiger partial charge in [-0.05, 0) is 36.2 Å².